The number of Topliss-reactive ketones (excluding diaryl/α,β-unsaturated/α-hetero) is 1. The minimum Gasteiger partial charge on any atom is -0.392 e. The number of hydrazone groups is 2. The quantitative estimate of drug-likeness (QED) is 0.0184. The average molecular weight is 1280 g/mol. The number of amides is 2. The van der Waals surface area contributed by atoms with Gasteiger partial charge in [-0.2, -0.15) is 24.7 Å². The molecule has 0 heterocycles. The molecule has 0 saturated carbocycles. The molecule has 0 spiro atoms. The molecule has 13 atom stereocenters. The molecule has 0 aromatic carbocycles. The second-order valence-electron chi connectivity index (χ2n) is 20.9. The molecule has 14 N–H and O–H groups in total. The molecule has 438 valence electrons. The number of hydrogen-bond donors (Lipinski definition) is 12. The van der Waals surface area contributed by atoms with Crippen molar-refractivity contribution in [2.75, 3.05) is 25.4 Å². The lowest BCUT2D eigenvalue weighted by Gasteiger charge is -2.44. The molecule has 0 aromatic rings. The summed E-state index contributed by atoms with van der Waals surface area (Å²) in [5, 5.41) is 30.6. The van der Waals surface area contributed by atoms with Gasteiger partial charge in [-0.15, -0.1) is 11.8 Å². The van der Waals surface area contributed by atoms with Gasteiger partial charge >= 0.3 is 0 Å². The highest BCUT2D eigenvalue weighted by molar-refractivity contribution is 8.27. The van der Waals surface area contributed by atoms with E-state index in [4.69, 9.17) is 11.7 Å². The van der Waals surface area contributed by atoms with Gasteiger partial charge in [-0.05, 0) is 96.5 Å². The lowest BCUT2D eigenvalue weighted by molar-refractivity contribution is -0.137. The van der Waals surface area contributed by atoms with Crippen LogP contribution in [0.1, 0.15) is 134 Å². The molecule has 0 aromatic heterocycles. The summed E-state index contributed by atoms with van der Waals surface area (Å²) in [5.74, 6) is 10.5. The van der Waals surface area contributed by atoms with Crippen molar-refractivity contribution in [1.82, 2.24) is 40.2 Å². The number of ketones is 1. The SMILES string of the molecule is C=NNS(=P)C(=O)C(C)(CC(C)(C)C(=O)S(=P)NNCC(=O)CCSC(C)(CC(C)(CC(C)(CC)C(=O)NCC(C)O)C(=O)S(=P)NN)C(=O)S(=P)NN=C)CC(C)(CC(C)(CC)C(=O)NCC(C)O)C(=O)S(=P)NN. The van der Waals surface area contributed by atoms with Crippen molar-refractivity contribution < 1.29 is 48.6 Å². The van der Waals surface area contributed by atoms with Gasteiger partial charge in [0.15, 0.2) is 0 Å². The number of aliphatic hydroxyl groups excluding tert-OH is 2. The Bertz CT molecular complexity index is 2290. The van der Waals surface area contributed by atoms with E-state index in [1.807, 2.05) is 0 Å². The lowest BCUT2D eigenvalue weighted by atomic mass is 9.62. The number of nitrogens with zero attached hydrogens (tertiary/aromatic N) is 2. The molecule has 0 aliphatic carbocycles. The zero-order chi connectivity index (χ0) is 59.4. The van der Waals surface area contributed by atoms with Crippen molar-refractivity contribution in [1.29, 1.82) is 0 Å². The molecule has 0 radical (unpaired) electrons. The number of nitrogens with two attached hydrogens (primary N) is 2. The Balaban J connectivity index is 6.76. The summed E-state index contributed by atoms with van der Waals surface area (Å²) in [6.07, 6.45) is -1.48. The number of thioether (sulfide) groups is 1. The summed E-state index contributed by atoms with van der Waals surface area (Å²) in [6, 6.07) is 0. The van der Waals surface area contributed by atoms with Gasteiger partial charge in [0.05, 0.1) is 23.5 Å². The van der Waals surface area contributed by atoms with E-state index >= 15 is 0 Å². The molecule has 13 unspecified atom stereocenters. The number of nitrogens with one attached hydrogen (secondary N) is 8. The molecular weight excluding hydrogens is 1190 g/mol. The van der Waals surface area contributed by atoms with E-state index in [1.165, 1.54) is 13.8 Å². The van der Waals surface area contributed by atoms with Crippen LogP contribution in [0.5, 0.6) is 0 Å². The highest BCUT2D eigenvalue weighted by Crippen LogP contribution is 2.51. The van der Waals surface area contributed by atoms with Gasteiger partial charge in [-0.3, -0.25) is 50.0 Å². The van der Waals surface area contributed by atoms with Gasteiger partial charge in [0, 0.05) is 91.7 Å². The lowest BCUT2D eigenvalue weighted by Crippen LogP contribution is -2.51. The molecule has 0 bridgehead atoms. The number of hydrazine groups is 3. The number of carbonyl (C=O) groups is 8. The number of carbonyl (C=O) groups excluding carboxylic acids is 8. The maximum Gasteiger partial charge on any atom is 0.226 e. The van der Waals surface area contributed by atoms with E-state index in [0.717, 1.165) is 11.8 Å². The molecule has 76 heavy (non-hydrogen) atoms. The van der Waals surface area contributed by atoms with E-state index < -0.39 is 132 Å². The Labute approximate surface area is 476 Å². The second kappa shape index (κ2) is 33.3. The van der Waals surface area contributed by atoms with Crippen LogP contribution in [0.3, 0.4) is 0 Å². The van der Waals surface area contributed by atoms with Crippen LogP contribution in [0.25, 0.3) is 0 Å². The van der Waals surface area contributed by atoms with Crippen molar-refractivity contribution in [2.45, 2.75) is 151 Å². The van der Waals surface area contributed by atoms with Crippen LogP contribution in [0, 0.1) is 32.5 Å². The molecule has 22 nitrogen and oxygen atoms in total. The fourth-order valence-corrected chi connectivity index (χ4v) is 19.4. The first-order valence-corrected chi connectivity index (χ1v) is 37.0. The Morgan fingerprint density at radius 3 is 1.32 bits per heavy atom. The zero-order valence-electron chi connectivity index (χ0n) is 45.7. The zero-order valence-corrected chi connectivity index (χ0v) is 55.6. The third-order valence-electron chi connectivity index (χ3n) is 12.9. The third kappa shape index (κ3) is 22.5. The fourth-order valence-electron chi connectivity index (χ4n) is 9.10. The number of rotatable bonds is 37. The third-order valence-corrected chi connectivity index (χ3v) is 24.5. The van der Waals surface area contributed by atoms with E-state index in [0.29, 0.717) is 12.8 Å². The predicted molar refractivity (Wildman–Crippen MR) is 332 cm³/mol. The van der Waals surface area contributed by atoms with Crippen LogP contribution in [0.4, 0.5) is 0 Å². The average Bonchev–Trinajstić information content (AvgIpc) is 3.34. The van der Waals surface area contributed by atoms with Crippen molar-refractivity contribution in [2.24, 2.45) is 54.4 Å². The Morgan fingerprint density at radius 2 is 0.934 bits per heavy atom. The van der Waals surface area contributed by atoms with E-state index in [1.54, 1.807) is 69.2 Å². The Hall–Kier alpha value is -0.820. The summed E-state index contributed by atoms with van der Waals surface area (Å²) in [4.78, 5) is 126. The molecule has 0 saturated heterocycles. The maximum absolute atomic E-state index is 14.6. The monoisotopic (exact) mass is 1280 g/mol. The largest absolute Gasteiger partial charge is 0.392 e. The first kappa shape index (κ1) is 75.2. The van der Waals surface area contributed by atoms with Gasteiger partial charge in [0.2, 0.25) is 37.4 Å². The fraction of sp³-hybridized carbons (Fsp3) is 0.767. The van der Waals surface area contributed by atoms with Gasteiger partial charge in [0.25, 0.3) is 0 Å². The topological polar surface area (TPSA) is 350 Å². The van der Waals surface area contributed by atoms with Crippen molar-refractivity contribution in [3.8, 4) is 0 Å². The highest BCUT2D eigenvalue weighted by Gasteiger charge is 2.53. The van der Waals surface area contributed by atoms with E-state index in [-0.39, 0.29) is 75.6 Å². The van der Waals surface area contributed by atoms with E-state index in [2.05, 4.69) is 104 Å². The van der Waals surface area contributed by atoms with Crippen LogP contribution in [-0.4, -0.2) is 109 Å². The summed E-state index contributed by atoms with van der Waals surface area (Å²) >= 11 is 1.15. The molecule has 33 heteroatoms. The van der Waals surface area contributed by atoms with Crippen molar-refractivity contribution in [3.63, 3.8) is 0 Å². The maximum atomic E-state index is 14.6. The molecule has 0 rings (SSSR count). The number of aliphatic hydroxyl groups is 2. The van der Waals surface area contributed by atoms with Crippen molar-refractivity contribution >= 4 is 160 Å². The first-order valence-electron chi connectivity index (χ1n) is 23.8. The molecule has 0 aliphatic heterocycles. The standard InChI is InChI=1S/C43H85N12O10P5S6/c1-15-38(7,30(59)48-19-27(3)56)23-41(10,33(62)72(66)51-44)25-40(9,35(64)75(69)53-46-13)22-37(5,6)32(61)74(68)55-50-21-29(58)17-18-71-43(12,36(65)76(70)54-47-14)26-42(11,34(63)73(67)52-45)24-39(8,16-2)31(60)49-20-28(4)57/h27-28,50-57,66-70H,13-26,44-45H2,1-12H3,(H,48,59)(H,49,60). The van der Waals surface area contributed by atoms with Crippen LogP contribution >= 0.6 is 51.8 Å². The molecule has 0 aliphatic rings. The minimum absolute atomic E-state index is 0.00557. The highest BCUT2D eigenvalue weighted by atomic mass is 32.5. The molecular formula is C43H85N12O10P5S6. The van der Waals surface area contributed by atoms with Gasteiger partial charge in [-0.25, -0.2) is 15.1 Å². The van der Waals surface area contributed by atoms with Crippen LogP contribution < -0.4 is 51.9 Å². The summed E-state index contributed by atoms with van der Waals surface area (Å²) < 4.78 is -1.37. The van der Waals surface area contributed by atoms with Gasteiger partial charge in [-0.1, -0.05) is 102 Å². The molecule has 0 fully saturated rings. The smallest absolute Gasteiger partial charge is 0.226 e. The van der Waals surface area contributed by atoms with Crippen LogP contribution in [0.2, 0.25) is 0 Å². The first-order chi connectivity index (χ1) is 34.8. The summed E-state index contributed by atoms with van der Waals surface area (Å²) in [5.41, 5.74) is -5.01. The normalized spacial score (nSPS) is 19.4. The predicted octanol–water partition coefficient (Wildman–Crippen LogP) is 3.28. The summed E-state index contributed by atoms with van der Waals surface area (Å²) in [6.45, 7) is 26.6. The Kier molecular flexibility index (Phi) is 33.0. The van der Waals surface area contributed by atoms with Gasteiger partial charge in [0.1, 0.15) is 5.78 Å². The van der Waals surface area contributed by atoms with Gasteiger partial charge < -0.3 is 20.8 Å². The number of hydrogen-bond acceptors (Lipinski definition) is 16. The van der Waals surface area contributed by atoms with E-state index in [9.17, 15) is 48.6 Å². The summed E-state index contributed by atoms with van der Waals surface area (Å²) in [7, 11) is 10.1. The minimum atomic E-state index is -1.46. The Morgan fingerprint density at radius 1 is 0.566 bits per heavy atom. The molecule has 2 amide bonds. The second-order valence-corrected chi connectivity index (χ2v) is 34.6. The van der Waals surface area contributed by atoms with Crippen LogP contribution in [0.15, 0.2) is 10.2 Å². The van der Waals surface area contributed by atoms with Crippen molar-refractivity contribution in [3.05, 3.63) is 0 Å². The van der Waals surface area contributed by atoms with Crippen LogP contribution in [-0.2, 0) is 89.7 Å².